The predicted octanol–water partition coefficient (Wildman–Crippen LogP) is 0.950. The number of benzene rings is 1. The maximum atomic E-state index is 11.6. The van der Waals surface area contributed by atoms with Gasteiger partial charge in [0.15, 0.2) is 0 Å². The molecule has 0 saturated carbocycles. The number of aromatic carboxylic acids is 1. The lowest BCUT2D eigenvalue weighted by Gasteiger charge is -2.04. The standard InChI is InChI=1S/C12H11N3O3/c1-14-7-9(6-13)11(16)15-10-4-2-8(3-5-10)12(17)18/h2-5,7,14H,1H3,(H,15,16)(H,17,18)/b9-7-. The fourth-order valence-electron chi connectivity index (χ4n) is 1.19. The monoisotopic (exact) mass is 245 g/mol. The third-order valence-electron chi connectivity index (χ3n) is 2.04. The molecule has 0 radical (unpaired) electrons. The number of rotatable bonds is 4. The zero-order valence-electron chi connectivity index (χ0n) is 9.60. The topological polar surface area (TPSA) is 102 Å². The number of carboxylic acid groups (broad SMARTS) is 1. The first-order valence-corrected chi connectivity index (χ1v) is 5.00. The van der Waals surface area contributed by atoms with E-state index in [0.717, 1.165) is 0 Å². The lowest BCUT2D eigenvalue weighted by atomic mass is 10.2. The fraction of sp³-hybridized carbons (Fsp3) is 0.0833. The van der Waals surface area contributed by atoms with Crippen molar-refractivity contribution in [2.45, 2.75) is 0 Å². The van der Waals surface area contributed by atoms with Crippen LogP contribution in [0.4, 0.5) is 5.69 Å². The quantitative estimate of drug-likeness (QED) is 0.541. The molecule has 92 valence electrons. The molecule has 0 bridgehead atoms. The van der Waals surface area contributed by atoms with Gasteiger partial charge in [0.25, 0.3) is 5.91 Å². The van der Waals surface area contributed by atoms with E-state index in [9.17, 15) is 9.59 Å². The van der Waals surface area contributed by atoms with Crippen LogP contribution in [0.2, 0.25) is 0 Å². The van der Waals surface area contributed by atoms with Crippen LogP contribution in [0, 0.1) is 11.3 Å². The van der Waals surface area contributed by atoms with Crippen molar-refractivity contribution >= 4 is 17.6 Å². The molecule has 18 heavy (non-hydrogen) atoms. The second kappa shape index (κ2) is 6.06. The molecule has 3 N–H and O–H groups in total. The Bertz CT molecular complexity index is 526. The second-order valence-corrected chi connectivity index (χ2v) is 3.30. The van der Waals surface area contributed by atoms with Gasteiger partial charge in [-0.3, -0.25) is 4.79 Å². The molecule has 6 heteroatoms. The number of nitriles is 1. The fourth-order valence-corrected chi connectivity index (χ4v) is 1.19. The van der Waals surface area contributed by atoms with Gasteiger partial charge in [-0.15, -0.1) is 0 Å². The Morgan fingerprint density at radius 1 is 1.33 bits per heavy atom. The largest absolute Gasteiger partial charge is 0.478 e. The maximum absolute atomic E-state index is 11.6. The van der Waals surface area contributed by atoms with Crippen molar-refractivity contribution in [3.05, 3.63) is 41.6 Å². The molecule has 0 fully saturated rings. The van der Waals surface area contributed by atoms with E-state index in [1.165, 1.54) is 30.5 Å². The summed E-state index contributed by atoms with van der Waals surface area (Å²) >= 11 is 0. The van der Waals surface area contributed by atoms with Gasteiger partial charge in [0.2, 0.25) is 0 Å². The van der Waals surface area contributed by atoms with Crippen LogP contribution in [0.3, 0.4) is 0 Å². The third-order valence-corrected chi connectivity index (χ3v) is 2.04. The van der Waals surface area contributed by atoms with Crippen molar-refractivity contribution in [2.75, 3.05) is 12.4 Å². The molecular formula is C12H11N3O3. The van der Waals surface area contributed by atoms with E-state index in [1.807, 2.05) is 0 Å². The molecule has 0 aliphatic rings. The van der Waals surface area contributed by atoms with E-state index in [4.69, 9.17) is 10.4 Å². The lowest BCUT2D eigenvalue weighted by Crippen LogP contribution is -2.15. The van der Waals surface area contributed by atoms with Gasteiger partial charge in [0.1, 0.15) is 11.6 Å². The van der Waals surface area contributed by atoms with Gasteiger partial charge in [0.05, 0.1) is 5.56 Å². The summed E-state index contributed by atoms with van der Waals surface area (Å²) in [4.78, 5) is 22.2. The smallest absolute Gasteiger partial charge is 0.335 e. The van der Waals surface area contributed by atoms with Crippen LogP contribution in [0.25, 0.3) is 0 Å². The van der Waals surface area contributed by atoms with Crippen molar-refractivity contribution in [2.24, 2.45) is 0 Å². The van der Waals surface area contributed by atoms with Crippen LogP contribution >= 0.6 is 0 Å². The van der Waals surface area contributed by atoms with E-state index in [2.05, 4.69) is 10.6 Å². The first-order valence-electron chi connectivity index (χ1n) is 5.00. The zero-order valence-corrected chi connectivity index (χ0v) is 9.60. The van der Waals surface area contributed by atoms with E-state index in [0.29, 0.717) is 5.69 Å². The predicted molar refractivity (Wildman–Crippen MR) is 64.8 cm³/mol. The van der Waals surface area contributed by atoms with E-state index in [-0.39, 0.29) is 11.1 Å². The van der Waals surface area contributed by atoms with Crippen LogP contribution in [0.1, 0.15) is 10.4 Å². The molecule has 0 aliphatic heterocycles. The molecule has 1 rings (SSSR count). The summed E-state index contributed by atoms with van der Waals surface area (Å²) in [7, 11) is 1.58. The van der Waals surface area contributed by atoms with Gasteiger partial charge in [0, 0.05) is 18.9 Å². The van der Waals surface area contributed by atoms with Crippen LogP contribution in [-0.4, -0.2) is 24.0 Å². The minimum absolute atomic E-state index is 0.0696. The normalized spacial score (nSPS) is 10.3. The van der Waals surface area contributed by atoms with Gasteiger partial charge in [-0.05, 0) is 24.3 Å². The Balaban J connectivity index is 2.80. The molecule has 1 amide bonds. The number of nitrogens with zero attached hydrogens (tertiary/aromatic N) is 1. The number of amides is 1. The summed E-state index contributed by atoms with van der Waals surface area (Å²) in [5.74, 6) is -1.60. The van der Waals surface area contributed by atoms with Gasteiger partial charge >= 0.3 is 5.97 Å². The zero-order chi connectivity index (χ0) is 13.5. The first kappa shape index (κ1) is 13.3. The highest BCUT2D eigenvalue weighted by atomic mass is 16.4. The number of nitrogens with one attached hydrogen (secondary N) is 2. The molecule has 6 nitrogen and oxygen atoms in total. The molecule has 0 atom stereocenters. The Kier molecular flexibility index (Phi) is 4.46. The van der Waals surface area contributed by atoms with Crippen LogP contribution in [0.15, 0.2) is 36.0 Å². The number of carbonyl (C=O) groups is 2. The highest BCUT2D eigenvalue weighted by Crippen LogP contribution is 2.10. The van der Waals surface area contributed by atoms with Gasteiger partial charge in [-0.1, -0.05) is 0 Å². The van der Waals surface area contributed by atoms with Crippen molar-refractivity contribution in [1.82, 2.24) is 5.32 Å². The summed E-state index contributed by atoms with van der Waals surface area (Å²) in [5.41, 5.74) is 0.473. The van der Waals surface area contributed by atoms with Crippen LogP contribution in [-0.2, 0) is 4.79 Å². The molecular weight excluding hydrogens is 234 g/mol. The average Bonchev–Trinajstić information content (AvgIpc) is 2.36. The summed E-state index contributed by atoms with van der Waals surface area (Å²) in [6, 6.07) is 7.39. The Morgan fingerprint density at radius 2 is 1.94 bits per heavy atom. The van der Waals surface area contributed by atoms with Crippen LogP contribution in [0.5, 0.6) is 0 Å². The van der Waals surface area contributed by atoms with Crippen molar-refractivity contribution < 1.29 is 14.7 Å². The Hall–Kier alpha value is -2.81. The first-order chi connectivity index (χ1) is 8.58. The SMILES string of the molecule is CN/C=C(/C#N)C(=O)Nc1ccc(C(=O)O)cc1. The highest BCUT2D eigenvalue weighted by molar-refractivity contribution is 6.06. The third kappa shape index (κ3) is 3.35. The second-order valence-electron chi connectivity index (χ2n) is 3.30. The summed E-state index contributed by atoms with van der Waals surface area (Å²) in [5, 5.41) is 22.5. The Labute approximate surface area is 104 Å². The van der Waals surface area contributed by atoms with Crippen molar-refractivity contribution in [3.63, 3.8) is 0 Å². The number of carbonyl (C=O) groups excluding carboxylic acids is 1. The van der Waals surface area contributed by atoms with E-state index < -0.39 is 11.9 Å². The summed E-state index contributed by atoms with van der Waals surface area (Å²) in [6.45, 7) is 0. The number of hydrogen-bond acceptors (Lipinski definition) is 4. The molecule has 0 aromatic heterocycles. The minimum Gasteiger partial charge on any atom is -0.478 e. The molecule has 0 spiro atoms. The Morgan fingerprint density at radius 3 is 2.39 bits per heavy atom. The van der Waals surface area contributed by atoms with Crippen LogP contribution < -0.4 is 10.6 Å². The maximum Gasteiger partial charge on any atom is 0.335 e. The molecule has 1 aromatic rings. The summed E-state index contributed by atoms with van der Waals surface area (Å²) in [6.07, 6.45) is 1.28. The lowest BCUT2D eigenvalue weighted by molar-refractivity contribution is -0.112. The molecule has 0 aliphatic carbocycles. The van der Waals surface area contributed by atoms with Gasteiger partial charge in [-0.25, -0.2) is 4.79 Å². The van der Waals surface area contributed by atoms with Crippen molar-refractivity contribution in [1.29, 1.82) is 5.26 Å². The summed E-state index contributed by atoms with van der Waals surface area (Å²) < 4.78 is 0. The molecule has 0 saturated heterocycles. The number of anilines is 1. The minimum atomic E-state index is -1.04. The van der Waals surface area contributed by atoms with Gasteiger partial charge in [-0.2, -0.15) is 5.26 Å². The molecule has 0 heterocycles. The highest BCUT2D eigenvalue weighted by Gasteiger charge is 2.09. The average molecular weight is 245 g/mol. The molecule has 0 unspecified atom stereocenters. The number of hydrogen-bond donors (Lipinski definition) is 3. The molecule has 1 aromatic carbocycles. The van der Waals surface area contributed by atoms with E-state index in [1.54, 1.807) is 13.1 Å². The van der Waals surface area contributed by atoms with Crippen molar-refractivity contribution in [3.8, 4) is 6.07 Å². The van der Waals surface area contributed by atoms with Gasteiger partial charge < -0.3 is 15.7 Å². The van der Waals surface area contributed by atoms with E-state index >= 15 is 0 Å². The number of carboxylic acids is 1.